The third-order valence-corrected chi connectivity index (χ3v) is 3.08. The summed E-state index contributed by atoms with van der Waals surface area (Å²) in [5, 5.41) is 11.6. The Labute approximate surface area is 125 Å². The average Bonchev–Trinajstić information content (AvgIpc) is 2.48. The fourth-order valence-electron chi connectivity index (χ4n) is 1.64. The summed E-state index contributed by atoms with van der Waals surface area (Å²) in [6.07, 6.45) is 0. The number of carbonyl (C=O) groups is 1. The largest absolute Gasteiger partial charge is 0.411 e. The molecule has 0 saturated carbocycles. The third-order valence-electron chi connectivity index (χ3n) is 3.08. The number of rotatable bonds is 2. The van der Waals surface area contributed by atoms with E-state index in [-0.39, 0.29) is 5.78 Å². The van der Waals surface area contributed by atoms with E-state index in [4.69, 9.17) is 5.21 Å². The van der Waals surface area contributed by atoms with Crippen molar-refractivity contribution in [3.8, 4) is 0 Å². The Bertz CT molecular complexity index is 611. The minimum absolute atomic E-state index is 0.125. The van der Waals surface area contributed by atoms with Crippen molar-refractivity contribution in [3.05, 3.63) is 70.8 Å². The molecule has 110 valence electrons. The summed E-state index contributed by atoms with van der Waals surface area (Å²) in [7, 11) is 0. The lowest BCUT2D eigenvalue weighted by Crippen LogP contribution is -1.93. The number of benzene rings is 2. The Morgan fingerprint density at radius 3 is 1.52 bits per heavy atom. The summed E-state index contributed by atoms with van der Waals surface area (Å²) in [5.74, 6) is 0.125. The molecule has 2 aromatic rings. The van der Waals surface area contributed by atoms with Gasteiger partial charge >= 0.3 is 0 Å². The molecule has 2 rings (SSSR count). The maximum absolute atomic E-state index is 10.8. The van der Waals surface area contributed by atoms with Crippen molar-refractivity contribution in [2.75, 3.05) is 0 Å². The minimum Gasteiger partial charge on any atom is -0.411 e. The number of oxime groups is 1. The van der Waals surface area contributed by atoms with Crippen molar-refractivity contribution in [1.29, 1.82) is 0 Å². The number of nitrogens with zero attached hydrogens (tertiary/aromatic N) is 1. The lowest BCUT2D eigenvalue weighted by molar-refractivity contribution is 0.101. The quantitative estimate of drug-likeness (QED) is 0.384. The molecule has 3 heteroatoms. The Morgan fingerprint density at radius 2 is 1.19 bits per heavy atom. The molecule has 0 aromatic heterocycles. The molecule has 0 radical (unpaired) electrons. The van der Waals surface area contributed by atoms with Gasteiger partial charge in [0.25, 0.3) is 0 Å². The van der Waals surface area contributed by atoms with E-state index in [1.807, 2.05) is 62.4 Å². The van der Waals surface area contributed by atoms with Crippen LogP contribution in [-0.2, 0) is 0 Å². The molecule has 0 saturated heterocycles. The Balaban J connectivity index is 0.000000211. The molecule has 2 aromatic carbocycles. The van der Waals surface area contributed by atoms with Gasteiger partial charge in [-0.2, -0.15) is 0 Å². The molecule has 3 nitrogen and oxygen atoms in total. The predicted octanol–water partition coefficient (Wildman–Crippen LogP) is 4.39. The van der Waals surface area contributed by atoms with Gasteiger partial charge in [0.1, 0.15) is 0 Å². The van der Waals surface area contributed by atoms with Crippen LogP contribution in [0, 0.1) is 13.8 Å². The first kappa shape index (κ1) is 16.6. The summed E-state index contributed by atoms with van der Waals surface area (Å²) in [6, 6.07) is 15.4. The maximum atomic E-state index is 10.8. The van der Waals surface area contributed by atoms with Gasteiger partial charge < -0.3 is 5.21 Å². The fourth-order valence-corrected chi connectivity index (χ4v) is 1.64. The van der Waals surface area contributed by atoms with Crippen LogP contribution in [-0.4, -0.2) is 16.7 Å². The molecule has 1 N–H and O–H groups in total. The SMILES string of the molecule is C/C(=N/O)c1ccc(C)cc1.CC(=O)c1ccc(C)cc1. The molecule has 0 bridgehead atoms. The molecule has 0 unspecified atom stereocenters. The predicted molar refractivity (Wildman–Crippen MR) is 86.4 cm³/mol. The molecule has 0 aliphatic heterocycles. The second kappa shape index (κ2) is 8.00. The highest BCUT2D eigenvalue weighted by molar-refractivity contribution is 5.98. The molecule has 0 aliphatic rings. The van der Waals surface area contributed by atoms with Crippen LogP contribution >= 0.6 is 0 Å². The molecule has 0 aliphatic carbocycles. The van der Waals surface area contributed by atoms with E-state index in [0.717, 1.165) is 11.1 Å². The summed E-state index contributed by atoms with van der Waals surface area (Å²) < 4.78 is 0. The second-order valence-electron chi connectivity index (χ2n) is 4.97. The van der Waals surface area contributed by atoms with E-state index >= 15 is 0 Å². The molecule has 0 atom stereocenters. The number of ketones is 1. The molecular formula is C18H21NO2. The minimum atomic E-state index is 0.125. The molecule has 0 fully saturated rings. The second-order valence-corrected chi connectivity index (χ2v) is 4.97. The lowest BCUT2D eigenvalue weighted by atomic mass is 10.1. The monoisotopic (exact) mass is 283 g/mol. The third kappa shape index (κ3) is 5.61. The van der Waals surface area contributed by atoms with E-state index < -0.39 is 0 Å². The Hall–Kier alpha value is -2.42. The van der Waals surface area contributed by atoms with Crippen molar-refractivity contribution < 1.29 is 10.0 Å². The van der Waals surface area contributed by atoms with Gasteiger partial charge in [-0.1, -0.05) is 64.8 Å². The van der Waals surface area contributed by atoms with Gasteiger partial charge in [-0.3, -0.25) is 4.79 Å². The first-order chi connectivity index (χ1) is 9.93. The van der Waals surface area contributed by atoms with E-state index in [1.165, 1.54) is 11.1 Å². The normalized spacial score (nSPS) is 10.6. The van der Waals surface area contributed by atoms with Crippen molar-refractivity contribution in [1.82, 2.24) is 0 Å². The number of aryl methyl sites for hydroxylation is 2. The Morgan fingerprint density at radius 1 is 0.810 bits per heavy atom. The highest BCUT2D eigenvalue weighted by Crippen LogP contribution is 2.04. The number of hydrogen-bond donors (Lipinski definition) is 1. The van der Waals surface area contributed by atoms with E-state index in [2.05, 4.69) is 5.16 Å². The van der Waals surface area contributed by atoms with Crippen LogP contribution < -0.4 is 0 Å². The van der Waals surface area contributed by atoms with Gasteiger partial charge in [-0.05, 0) is 33.3 Å². The van der Waals surface area contributed by atoms with Crippen molar-refractivity contribution in [2.24, 2.45) is 5.16 Å². The van der Waals surface area contributed by atoms with Crippen LogP contribution in [0.25, 0.3) is 0 Å². The highest BCUT2D eigenvalue weighted by atomic mass is 16.4. The average molecular weight is 283 g/mol. The van der Waals surface area contributed by atoms with Crippen LogP contribution in [0.2, 0.25) is 0 Å². The zero-order valence-corrected chi connectivity index (χ0v) is 12.9. The van der Waals surface area contributed by atoms with Crippen molar-refractivity contribution >= 4 is 11.5 Å². The molecule has 0 heterocycles. The fraction of sp³-hybridized carbons (Fsp3) is 0.222. The van der Waals surface area contributed by atoms with Gasteiger partial charge in [0.05, 0.1) is 5.71 Å². The molecule has 0 amide bonds. The van der Waals surface area contributed by atoms with Gasteiger partial charge in [-0.15, -0.1) is 0 Å². The molecule has 21 heavy (non-hydrogen) atoms. The van der Waals surface area contributed by atoms with Gasteiger partial charge in [0.15, 0.2) is 5.78 Å². The number of hydrogen-bond acceptors (Lipinski definition) is 3. The van der Waals surface area contributed by atoms with Crippen LogP contribution in [0.1, 0.15) is 40.9 Å². The first-order valence-corrected chi connectivity index (χ1v) is 6.77. The van der Waals surface area contributed by atoms with Crippen LogP contribution in [0.5, 0.6) is 0 Å². The summed E-state index contributed by atoms with van der Waals surface area (Å²) in [4.78, 5) is 10.8. The number of carbonyl (C=O) groups excluding carboxylic acids is 1. The van der Waals surface area contributed by atoms with Crippen molar-refractivity contribution in [3.63, 3.8) is 0 Å². The number of Topliss-reactive ketones (excluding diaryl/α,β-unsaturated/α-hetero) is 1. The molecule has 0 spiro atoms. The highest BCUT2D eigenvalue weighted by Gasteiger charge is 1.95. The first-order valence-electron chi connectivity index (χ1n) is 6.77. The van der Waals surface area contributed by atoms with E-state index in [0.29, 0.717) is 5.71 Å². The van der Waals surface area contributed by atoms with Crippen LogP contribution in [0.15, 0.2) is 53.7 Å². The lowest BCUT2D eigenvalue weighted by Gasteiger charge is -1.97. The van der Waals surface area contributed by atoms with Gasteiger partial charge in [0.2, 0.25) is 0 Å². The topological polar surface area (TPSA) is 49.7 Å². The summed E-state index contributed by atoms with van der Waals surface area (Å²) in [6.45, 7) is 7.37. The maximum Gasteiger partial charge on any atom is 0.159 e. The van der Waals surface area contributed by atoms with Crippen LogP contribution in [0.3, 0.4) is 0 Å². The standard InChI is InChI=1S/C9H11NO.C9H10O/c1-7-3-5-9(6-4-7)8(2)10-11;1-7-3-5-9(6-4-7)8(2)10/h3-6,11H,1-2H3;3-6H,1-2H3/b10-8-;. The zero-order valence-electron chi connectivity index (χ0n) is 12.9. The van der Waals surface area contributed by atoms with E-state index in [1.54, 1.807) is 13.8 Å². The van der Waals surface area contributed by atoms with Gasteiger partial charge in [0, 0.05) is 5.56 Å². The van der Waals surface area contributed by atoms with Crippen LogP contribution in [0.4, 0.5) is 0 Å². The van der Waals surface area contributed by atoms with E-state index in [9.17, 15) is 4.79 Å². The van der Waals surface area contributed by atoms with Gasteiger partial charge in [-0.25, -0.2) is 0 Å². The summed E-state index contributed by atoms with van der Waals surface area (Å²) in [5.41, 5.74) is 4.78. The molecular weight excluding hydrogens is 262 g/mol. The van der Waals surface area contributed by atoms with Crippen molar-refractivity contribution in [2.45, 2.75) is 27.7 Å². The summed E-state index contributed by atoms with van der Waals surface area (Å²) >= 11 is 0. The Kier molecular flexibility index (Phi) is 6.34. The zero-order chi connectivity index (χ0) is 15.8. The smallest absolute Gasteiger partial charge is 0.159 e.